The number of rotatable bonds is 6. The topological polar surface area (TPSA) is 29.5 Å². The van der Waals surface area contributed by atoms with Crippen molar-refractivity contribution in [2.45, 2.75) is 6.92 Å². The van der Waals surface area contributed by atoms with Gasteiger partial charge in [0, 0.05) is 18.8 Å². The van der Waals surface area contributed by atoms with Gasteiger partial charge < -0.3 is 9.64 Å². The lowest BCUT2D eigenvalue weighted by molar-refractivity contribution is -0.133. The van der Waals surface area contributed by atoms with Gasteiger partial charge in [0.1, 0.15) is 12.4 Å². The first-order chi connectivity index (χ1) is 8.15. The lowest BCUT2D eigenvalue weighted by atomic mass is 10.2. The largest absolute Gasteiger partial charge is 0.492 e. The molecule has 1 aromatic carbocycles. The summed E-state index contributed by atoms with van der Waals surface area (Å²) < 4.78 is 5.51. The van der Waals surface area contributed by atoms with Gasteiger partial charge in [-0.05, 0) is 12.1 Å². The molecule has 1 rings (SSSR count). The molecule has 1 aromatic rings. The number of halogens is 1. The molecule has 0 saturated heterocycles. The van der Waals surface area contributed by atoms with Crippen LogP contribution in [0.4, 0.5) is 0 Å². The Balaban J connectivity index is 2.29. The third-order valence-electron chi connectivity index (χ3n) is 2.47. The van der Waals surface area contributed by atoms with E-state index in [0.29, 0.717) is 19.0 Å². The third kappa shape index (κ3) is 4.65. The minimum atomic E-state index is -0.140. The second-order valence-corrected chi connectivity index (χ2v) is 4.29. The lowest BCUT2D eigenvalue weighted by Gasteiger charge is -2.20. The number of carbonyl (C=O) groups excluding carboxylic acids is 1. The molecule has 4 heteroatoms. The van der Waals surface area contributed by atoms with Crippen molar-refractivity contribution >= 4 is 17.5 Å². The van der Waals surface area contributed by atoms with Crippen molar-refractivity contribution in [1.29, 1.82) is 0 Å². The molecule has 1 atom stereocenters. The van der Waals surface area contributed by atoms with E-state index >= 15 is 0 Å². The maximum Gasteiger partial charge on any atom is 0.226 e. The van der Waals surface area contributed by atoms with Gasteiger partial charge in [0.05, 0.1) is 6.54 Å². The molecule has 0 aliphatic heterocycles. The van der Waals surface area contributed by atoms with Crippen molar-refractivity contribution in [3.05, 3.63) is 30.3 Å². The van der Waals surface area contributed by atoms with Crippen LogP contribution in [-0.4, -0.2) is 36.9 Å². The Bertz CT molecular complexity index is 343. The van der Waals surface area contributed by atoms with Crippen LogP contribution < -0.4 is 4.74 Å². The zero-order chi connectivity index (χ0) is 12.7. The number of ether oxygens (including phenoxy) is 1. The molecule has 0 aliphatic rings. The summed E-state index contributed by atoms with van der Waals surface area (Å²) in [6.07, 6.45) is 0. The van der Waals surface area contributed by atoms with E-state index in [9.17, 15) is 4.79 Å². The van der Waals surface area contributed by atoms with Gasteiger partial charge in [0.2, 0.25) is 5.91 Å². The maximum atomic E-state index is 11.7. The second kappa shape index (κ2) is 7.17. The van der Waals surface area contributed by atoms with Gasteiger partial charge in [0.25, 0.3) is 0 Å². The van der Waals surface area contributed by atoms with Gasteiger partial charge in [0.15, 0.2) is 0 Å². The van der Waals surface area contributed by atoms with Crippen molar-refractivity contribution < 1.29 is 9.53 Å². The molecule has 0 aromatic heterocycles. The molecular formula is C13H18ClNO2. The van der Waals surface area contributed by atoms with Crippen LogP contribution in [0, 0.1) is 5.92 Å². The summed E-state index contributed by atoms with van der Waals surface area (Å²) >= 11 is 5.64. The lowest BCUT2D eigenvalue weighted by Crippen LogP contribution is -2.35. The van der Waals surface area contributed by atoms with E-state index in [1.165, 1.54) is 0 Å². The van der Waals surface area contributed by atoms with Crippen LogP contribution in [0.5, 0.6) is 5.75 Å². The summed E-state index contributed by atoms with van der Waals surface area (Å²) in [6.45, 7) is 2.88. The summed E-state index contributed by atoms with van der Waals surface area (Å²) in [5, 5.41) is 0. The maximum absolute atomic E-state index is 11.7. The molecule has 1 unspecified atom stereocenters. The van der Waals surface area contributed by atoms with Crippen molar-refractivity contribution in [3.63, 3.8) is 0 Å². The zero-order valence-corrected chi connectivity index (χ0v) is 11.0. The van der Waals surface area contributed by atoms with Gasteiger partial charge in [-0.1, -0.05) is 25.1 Å². The number of amides is 1. The van der Waals surface area contributed by atoms with Crippen molar-refractivity contribution in [1.82, 2.24) is 4.90 Å². The highest BCUT2D eigenvalue weighted by atomic mass is 35.5. The molecule has 0 spiro atoms. The number of hydrogen-bond donors (Lipinski definition) is 0. The van der Waals surface area contributed by atoms with Crippen LogP contribution in [0.2, 0.25) is 0 Å². The molecule has 94 valence electrons. The fraction of sp³-hybridized carbons (Fsp3) is 0.462. The fourth-order valence-electron chi connectivity index (χ4n) is 1.37. The molecule has 0 fully saturated rings. The molecule has 17 heavy (non-hydrogen) atoms. The van der Waals surface area contributed by atoms with E-state index in [0.717, 1.165) is 5.75 Å². The van der Waals surface area contributed by atoms with Crippen LogP contribution in [0.1, 0.15) is 6.92 Å². The molecule has 0 heterocycles. The first kappa shape index (κ1) is 13.8. The van der Waals surface area contributed by atoms with Crippen molar-refractivity contribution in [3.8, 4) is 5.75 Å². The Kier molecular flexibility index (Phi) is 5.84. The van der Waals surface area contributed by atoms with Gasteiger partial charge in [-0.25, -0.2) is 0 Å². The molecule has 0 saturated carbocycles. The summed E-state index contributed by atoms with van der Waals surface area (Å²) in [6, 6.07) is 9.55. The normalized spacial score (nSPS) is 11.9. The quantitative estimate of drug-likeness (QED) is 0.731. The van der Waals surface area contributed by atoms with Crippen LogP contribution in [0.15, 0.2) is 30.3 Å². The highest BCUT2D eigenvalue weighted by Gasteiger charge is 2.15. The van der Waals surface area contributed by atoms with Gasteiger partial charge in [-0.3, -0.25) is 4.79 Å². The SMILES string of the molecule is CC(CCl)C(=O)N(C)CCOc1ccccc1. The van der Waals surface area contributed by atoms with Gasteiger partial charge >= 0.3 is 0 Å². The molecular weight excluding hydrogens is 238 g/mol. The number of likely N-dealkylation sites (N-methyl/N-ethyl adjacent to an activating group) is 1. The van der Waals surface area contributed by atoms with Crippen molar-refractivity contribution in [2.75, 3.05) is 26.1 Å². The monoisotopic (exact) mass is 255 g/mol. The number of nitrogens with zero attached hydrogens (tertiary/aromatic N) is 1. The Morgan fingerprint density at radius 3 is 2.65 bits per heavy atom. The number of hydrogen-bond acceptors (Lipinski definition) is 2. The summed E-state index contributed by atoms with van der Waals surface area (Å²) in [5.74, 6) is 1.08. The Labute approximate surface area is 107 Å². The second-order valence-electron chi connectivity index (χ2n) is 3.98. The molecule has 1 amide bonds. The predicted octanol–water partition coefficient (Wildman–Crippen LogP) is 2.40. The average molecular weight is 256 g/mol. The summed E-state index contributed by atoms with van der Waals surface area (Å²) in [5.41, 5.74) is 0. The van der Waals surface area contributed by atoms with Crippen molar-refractivity contribution in [2.24, 2.45) is 5.92 Å². The minimum absolute atomic E-state index is 0.0525. The van der Waals surface area contributed by atoms with Gasteiger partial charge in [-0.15, -0.1) is 11.6 Å². The van der Waals surface area contributed by atoms with Crippen LogP contribution in [-0.2, 0) is 4.79 Å². The zero-order valence-electron chi connectivity index (χ0n) is 10.2. The fourth-order valence-corrected chi connectivity index (χ4v) is 1.50. The van der Waals surface area contributed by atoms with E-state index in [1.807, 2.05) is 37.3 Å². The smallest absolute Gasteiger partial charge is 0.226 e. The first-order valence-corrected chi connectivity index (χ1v) is 6.17. The number of benzene rings is 1. The summed E-state index contributed by atoms with van der Waals surface area (Å²) in [7, 11) is 1.76. The standard InChI is InChI=1S/C13H18ClNO2/c1-11(10-14)13(16)15(2)8-9-17-12-6-4-3-5-7-12/h3-7,11H,8-10H2,1-2H3. The van der Waals surface area contributed by atoms with Crippen LogP contribution >= 0.6 is 11.6 Å². The van der Waals surface area contributed by atoms with E-state index in [-0.39, 0.29) is 11.8 Å². The molecule has 0 radical (unpaired) electrons. The van der Waals surface area contributed by atoms with Gasteiger partial charge in [-0.2, -0.15) is 0 Å². The van der Waals surface area contributed by atoms with Crippen LogP contribution in [0.3, 0.4) is 0 Å². The average Bonchev–Trinajstić information content (AvgIpc) is 2.38. The molecule has 0 N–H and O–H groups in total. The number of carbonyl (C=O) groups is 1. The molecule has 0 aliphatic carbocycles. The van der Waals surface area contributed by atoms with E-state index in [1.54, 1.807) is 11.9 Å². The Morgan fingerprint density at radius 1 is 1.41 bits per heavy atom. The van der Waals surface area contributed by atoms with Crippen LogP contribution in [0.25, 0.3) is 0 Å². The highest BCUT2D eigenvalue weighted by Crippen LogP contribution is 2.08. The molecule has 0 bridgehead atoms. The summed E-state index contributed by atoms with van der Waals surface area (Å²) in [4.78, 5) is 13.4. The highest BCUT2D eigenvalue weighted by molar-refractivity contribution is 6.19. The molecule has 3 nitrogen and oxygen atoms in total. The minimum Gasteiger partial charge on any atom is -0.492 e. The third-order valence-corrected chi connectivity index (χ3v) is 2.93. The number of para-hydroxylation sites is 1. The van der Waals surface area contributed by atoms with E-state index in [2.05, 4.69) is 0 Å². The first-order valence-electron chi connectivity index (χ1n) is 5.64. The Hall–Kier alpha value is -1.22. The predicted molar refractivity (Wildman–Crippen MR) is 69.5 cm³/mol. The van der Waals surface area contributed by atoms with E-state index < -0.39 is 0 Å². The van der Waals surface area contributed by atoms with E-state index in [4.69, 9.17) is 16.3 Å². The Morgan fingerprint density at radius 2 is 2.06 bits per heavy atom. The number of alkyl halides is 1.